The molecule has 3 fully saturated rings. The summed E-state index contributed by atoms with van der Waals surface area (Å²) in [4.78, 5) is 18.1. The Hall–Kier alpha value is -1.59. The first kappa shape index (κ1) is 14.7. The highest BCUT2D eigenvalue weighted by Crippen LogP contribution is 2.38. The van der Waals surface area contributed by atoms with Gasteiger partial charge in [-0.3, -0.25) is 4.57 Å². The first-order valence-electron chi connectivity index (χ1n) is 9.43. The van der Waals surface area contributed by atoms with E-state index in [1.54, 1.807) is 0 Å². The Morgan fingerprint density at radius 1 is 0.958 bits per heavy atom. The van der Waals surface area contributed by atoms with Crippen molar-refractivity contribution in [3.8, 4) is 0 Å². The van der Waals surface area contributed by atoms with Gasteiger partial charge in [-0.15, -0.1) is 0 Å². The summed E-state index contributed by atoms with van der Waals surface area (Å²) in [6, 6.07) is 9.18. The molecule has 128 valence electrons. The molecule has 5 nitrogen and oxygen atoms in total. The molecule has 3 atom stereocenters. The minimum Gasteiger partial charge on any atom is -0.316 e. The monoisotopic (exact) mass is 326 g/mol. The number of para-hydroxylation sites is 2. The molecule has 0 radical (unpaired) electrons. The Balaban J connectivity index is 1.30. The zero-order valence-electron chi connectivity index (χ0n) is 14.1. The van der Waals surface area contributed by atoms with Crippen molar-refractivity contribution in [2.24, 2.45) is 11.8 Å². The summed E-state index contributed by atoms with van der Waals surface area (Å²) in [6.07, 6.45) is 4.92. The number of imidazole rings is 1. The van der Waals surface area contributed by atoms with Crippen molar-refractivity contribution in [1.29, 1.82) is 0 Å². The van der Waals surface area contributed by atoms with Crippen molar-refractivity contribution in [2.45, 2.75) is 37.8 Å². The highest BCUT2D eigenvalue weighted by Gasteiger charge is 2.40. The van der Waals surface area contributed by atoms with Gasteiger partial charge in [0.05, 0.1) is 11.0 Å². The van der Waals surface area contributed by atoms with Crippen LogP contribution in [0.1, 0.15) is 31.7 Å². The molecule has 24 heavy (non-hydrogen) atoms. The van der Waals surface area contributed by atoms with E-state index in [1.165, 1.54) is 25.9 Å². The molecule has 1 aromatic carbocycles. The number of likely N-dealkylation sites (tertiary alicyclic amines) is 1. The summed E-state index contributed by atoms with van der Waals surface area (Å²) < 4.78 is 2.00. The molecule has 5 heteroatoms. The van der Waals surface area contributed by atoms with Crippen LogP contribution in [0.15, 0.2) is 29.1 Å². The molecular weight excluding hydrogens is 300 g/mol. The zero-order valence-corrected chi connectivity index (χ0v) is 14.1. The third-order valence-corrected chi connectivity index (χ3v) is 6.63. The van der Waals surface area contributed by atoms with Gasteiger partial charge in [0.25, 0.3) is 0 Å². The van der Waals surface area contributed by atoms with Crippen molar-refractivity contribution in [2.75, 3.05) is 26.2 Å². The Kier molecular flexibility index (Phi) is 3.52. The van der Waals surface area contributed by atoms with E-state index in [4.69, 9.17) is 0 Å². The number of H-pyrrole nitrogens is 1. The minimum atomic E-state index is 0.0520. The Bertz CT molecular complexity index is 774. The standard InChI is InChI=1S/C19H26N4O/c24-19-21-17-3-1-2-4-18(17)23(19)15-5-7-22(8-6-15)16-9-13-11-20-12-14(13)10-16/h1-4,13-16,20H,5-12H2,(H,21,24)/t13-,14+,16+. The summed E-state index contributed by atoms with van der Waals surface area (Å²) in [7, 11) is 0. The number of nitrogens with one attached hydrogen (secondary N) is 2. The van der Waals surface area contributed by atoms with Crippen LogP contribution in [0.3, 0.4) is 0 Å². The Morgan fingerprint density at radius 3 is 2.42 bits per heavy atom. The van der Waals surface area contributed by atoms with Gasteiger partial charge in [0.15, 0.2) is 0 Å². The molecule has 0 unspecified atom stereocenters. The number of aromatic amines is 1. The second-order valence-electron chi connectivity index (χ2n) is 7.89. The van der Waals surface area contributed by atoms with Crippen molar-refractivity contribution in [3.63, 3.8) is 0 Å². The first-order chi connectivity index (χ1) is 11.8. The predicted octanol–water partition coefficient (Wildman–Crippen LogP) is 1.96. The van der Waals surface area contributed by atoms with Crippen LogP contribution in [-0.4, -0.2) is 46.7 Å². The second-order valence-corrected chi connectivity index (χ2v) is 7.89. The van der Waals surface area contributed by atoms with Crippen LogP contribution in [0.25, 0.3) is 11.0 Å². The van der Waals surface area contributed by atoms with Gasteiger partial charge < -0.3 is 15.2 Å². The fourth-order valence-corrected chi connectivity index (χ4v) is 5.38. The lowest BCUT2D eigenvalue weighted by Gasteiger charge is -2.36. The minimum absolute atomic E-state index is 0.0520. The van der Waals surface area contributed by atoms with Crippen molar-refractivity contribution >= 4 is 11.0 Å². The first-order valence-corrected chi connectivity index (χ1v) is 9.43. The number of fused-ring (bicyclic) bond motifs is 2. The number of aromatic nitrogens is 2. The topological polar surface area (TPSA) is 53.1 Å². The Morgan fingerprint density at radius 2 is 1.67 bits per heavy atom. The molecule has 2 aliphatic heterocycles. The van der Waals surface area contributed by atoms with Crippen LogP contribution >= 0.6 is 0 Å². The quantitative estimate of drug-likeness (QED) is 0.887. The highest BCUT2D eigenvalue weighted by molar-refractivity contribution is 5.75. The van der Waals surface area contributed by atoms with E-state index in [0.717, 1.165) is 54.8 Å². The molecule has 2 aromatic rings. The molecule has 3 heterocycles. The molecule has 0 bridgehead atoms. The maximum absolute atomic E-state index is 12.4. The van der Waals surface area contributed by atoms with E-state index < -0.39 is 0 Å². The predicted molar refractivity (Wildman–Crippen MR) is 95.3 cm³/mol. The van der Waals surface area contributed by atoms with Crippen LogP contribution in [0.2, 0.25) is 0 Å². The van der Waals surface area contributed by atoms with Crippen molar-refractivity contribution < 1.29 is 0 Å². The van der Waals surface area contributed by atoms with Crippen molar-refractivity contribution in [3.05, 3.63) is 34.7 Å². The van der Waals surface area contributed by atoms with E-state index in [9.17, 15) is 4.79 Å². The molecule has 3 aliphatic rings. The van der Waals surface area contributed by atoms with E-state index >= 15 is 0 Å². The van der Waals surface area contributed by atoms with E-state index in [-0.39, 0.29) is 5.69 Å². The van der Waals surface area contributed by atoms with Crippen LogP contribution in [-0.2, 0) is 0 Å². The van der Waals surface area contributed by atoms with E-state index in [0.29, 0.717) is 6.04 Å². The summed E-state index contributed by atoms with van der Waals surface area (Å²) in [5.74, 6) is 1.81. The Labute approximate surface area is 142 Å². The van der Waals surface area contributed by atoms with Crippen molar-refractivity contribution in [1.82, 2.24) is 19.8 Å². The normalized spacial score (nSPS) is 31.8. The number of hydrogen-bond donors (Lipinski definition) is 2. The zero-order chi connectivity index (χ0) is 16.1. The second kappa shape index (κ2) is 5.74. The van der Waals surface area contributed by atoms with Gasteiger partial charge in [0, 0.05) is 25.2 Å². The summed E-state index contributed by atoms with van der Waals surface area (Å²) in [6.45, 7) is 4.72. The lowest BCUT2D eigenvalue weighted by atomic mass is 10.0. The maximum Gasteiger partial charge on any atom is 0.326 e. The van der Waals surface area contributed by atoms with Gasteiger partial charge in [-0.2, -0.15) is 0 Å². The smallest absolute Gasteiger partial charge is 0.316 e. The average molecular weight is 326 g/mol. The van der Waals surface area contributed by atoms with Crippen LogP contribution in [0.4, 0.5) is 0 Å². The maximum atomic E-state index is 12.4. The van der Waals surface area contributed by atoms with Gasteiger partial charge >= 0.3 is 5.69 Å². The van der Waals surface area contributed by atoms with Gasteiger partial charge in [0.1, 0.15) is 0 Å². The summed E-state index contributed by atoms with van der Waals surface area (Å²) >= 11 is 0. The van der Waals surface area contributed by atoms with Crippen LogP contribution in [0.5, 0.6) is 0 Å². The number of piperidine rings is 1. The number of rotatable bonds is 2. The highest BCUT2D eigenvalue weighted by atomic mass is 16.1. The molecule has 0 amide bonds. The van der Waals surface area contributed by atoms with Gasteiger partial charge in [0.2, 0.25) is 0 Å². The van der Waals surface area contributed by atoms with Crippen LogP contribution < -0.4 is 11.0 Å². The number of nitrogens with zero attached hydrogens (tertiary/aromatic N) is 2. The molecule has 5 rings (SSSR count). The third-order valence-electron chi connectivity index (χ3n) is 6.63. The molecule has 1 saturated carbocycles. The summed E-state index contributed by atoms with van der Waals surface area (Å²) in [5, 5.41) is 3.54. The molecule has 2 N–H and O–H groups in total. The molecule has 2 saturated heterocycles. The molecule has 0 spiro atoms. The lowest BCUT2D eigenvalue weighted by molar-refractivity contribution is 0.132. The molecule has 1 aliphatic carbocycles. The fourth-order valence-electron chi connectivity index (χ4n) is 5.38. The fraction of sp³-hybridized carbons (Fsp3) is 0.632. The lowest BCUT2D eigenvalue weighted by Crippen LogP contribution is -2.42. The van der Waals surface area contributed by atoms with Crippen LogP contribution in [0, 0.1) is 11.8 Å². The van der Waals surface area contributed by atoms with Gasteiger partial charge in [-0.25, -0.2) is 4.79 Å². The molecular formula is C19H26N4O. The number of hydrogen-bond acceptors (Lipinski definition) is 3. The number of benzene rings is 1. The molecule has 1 aromatic heterocycles. The van der Waals surface area contributed by atoms with E-state index in [2.05, 4.69) is 21.3 Å². The van der Waals surface area contributed by atoms with Gasteiger partial charge in [-0.1, -0.05) is 12.1 Å². The average Bonchev–Trinajstić information content (AvgIpc) is 3.26. The SMILES string of the molecule is O=c1[nH]c2ccccc2n1C1CCN([C@@H]2C[C@H]3CNC[C@H]3C2)CC1. The van der Waals surface area contributed by atoms with Gasteiger partial charge in [-0.05, 0) is 62.7 Å². The third kappa shape index (κ3) is 2.33. The largest absolute Gasteiger partial charge is 0.326 e. The summed E-state index contributed by atoms with van der Waals surface area (Å²) in [5.41, 5.74) is 2.07. The van der Waals surface area contributed by atoms with E-state index in [1.807, 2.05) is 22.8 Å².